The van der Waals surface area contributed by atoms with Crippen LogP contribution in [0.2, 0.25) is 0 Å². The lowest BCUT2D eigenvalue weighted by atomic mass is 9.87. The fraction of sp³-hybridized carbons (Fsp3) is 0.652. The number of hydrogen-bond donors (Lipinski definition) is 1. The summed E-state index contributed by atoms with van der Waals surface area (Å²) in [5.41, 5.74) is 0.934. The van der Waals surface area contributed by atoms with Crippen LogP contribution in [0.5, 0.6) is 11.5 Å². The van der Waals surface area contributed by atoms with E-state index in [1.165, 1.54) is 0 Å². The minimum Gasteiger partial charge on any atom is -0.497 e. The van der Waals surface area contributed by atoms with Gasteiger partial charge in [-0.05, 0) is 37.5 Å². The first-order chi connectivity index (χ1) is 14.1. The monoisotopic (exact) mass is 402 g/mol. The lowest BCUT2D eigenvalue weighted by Crippen LogP contribution is -2.37. The van der Waals surface area contributed by atoms with Gasteiger partial charge in [0, 0.05) is 37.0 Å². The van der Waals surface area contributed by atoms with E-state index in [1.807, 2.05) is 23.1 Å². The molecule has 1 saturated heterocycles. The highest BCUT2D eigenvalue weighted by Crippen LogP contribution is 2.40. The largest absolute Gasteiger partial charge is 0.497 e. The van der Waals surface area contributed by atoms with Gasteiger partial charge in [0.25, 0.3) is 0 Å². The zero-order chi connectivity index (χ0) is 20.8. The number of amides is 2. The number of rotatable bonds is 8. The van der Waals surface area contributed by atoms with Gasteiger partial charge < -0.3 is 19.7 Å². The summed E-state index contributed by atoms with van der Waals surface area (Å²) < 4.78 is 11.0. The molecule has 2 unspecified atom stereocenters. The second-order valence-corrected chi connectivity index (χ2v) is 8.19. The van der Waals surface area contributed by atoms with Gasteiger partial charge in [0.1, 0.15) is 11.5 Å². The zero-order valence-corrected chi connectivity index (χ0v) is 17.9. The maximum atomic E-state index is 13.1. The third kappa shape index (κ3) is 4.85. The van der Waals surface area contributed by atoms with Crippen molar-refractivity contribution in [1.29, 1.82) is 0 Å². The third-order valence-corrected chi connectivity index (χ3v) is 6.34. The normalized spacial score (nSPS) is 22.0. The molecule has 160 valence electrons. The third-order valence-electron chi connectivity index (χ3n) is 6.34. The van der Waals surface area contributed by atoms with E-state index in [0.717, 1.165) is 55.6 Å². The fourth-order valence-electron chi connectivity index (χ4n) is 4.64. The van der Waals surface area contributed by atoms with Crippen molar-refractivity contribution in [3.05, 3.63) is 23.8 Å². The summed E-state index contributed by atoms with van der Waals surface area (Å²) in [7, 11) is 3.27. The van der Waals surface area contributed by atoms with Crippen molar-refractivity contribution in [1.82, 2.24) is 10.2 Å². The van der Waals surface area contributed by atoms with Crippen LogP contribution in [0, 0.1) is 11.8 Å². The topological polar surface area (TPSA) is 67.9 Å². The Kier molecular flexibility index (Phi) is 7.40. The molecule has 0 aromatic heterocycles. The van der Waals surface area contributed by atoms with E-state index in [2.05, 4.69) is 12.2 Å². The molecule has 3 rings (SSSR count). The Morgan fingerprint density at radius 3 is 2.55 bits per heavy atom. The lowest BCUT2D eigenvalue weighted by Gasteiger charge is -2.21. The van der Waals surface area contributed by atoms with Crippen LogP contribution < -0.4 is 14.8 Å². The minimum absolute atomic E-state index is 0.0232. The van der Waals surface area contributed by atoms with Crippen LogP contribution in [-0.4, -0.2) is 50.6 Å². The summed E-state index contributed by atoms with van der Waals surface area (Å²) in [6, 6.07) is 5.68. The number of nitrogens with zero attached hydrogens (tertiary/aromatic N) is 1. The van der Waals surface area contributed by atoms with Crippen molar-refractivity contribution in [2.45, 2.75) is 51.4 Å². The summed E-state index contributed by atoms with van der Waals surface area (Å²) in [6.07, 6.45) is 6.17. The fourth-order valence-corrected chi connectivity index (χ4v) is 4.64. The smallest absolute Gasteiger partial charge is 0.225 e. The van der Waals surface area contributed by atoms with Crippen LogP contribution in [0.1, 0.15) is 56.9 Å². The molecule has 29 heavy (non-hydrogen) atoms. The van der Waals surface area contributed by atoms with Gasteiger partial charge in [-0.1, -0.05) is 26.2 Å². The molecule has 0 bridgehead atoms. The number of likely N-dealkylation sites (tertiary alicyclic amines) is 1. The van der Waals surface area contributed by atoms with E-state index in [0.29, 0.717) is 19.6 Å². The molecule has 1 aromatic rings. The van der Waals surface area contributed by atoms with Crippen LogP contribution in [0.3, 0.4) is 0 Å². The van der Waals surface area contributed by atoms with Crippen molar-refractivity contribution in [3.63, 3.8) is 0 Å². The van der Waals surface area contributed by atoms with Crippen molar-refractivity contribution >= 4 is 11.8 Å². The number of nitrogens with one attached hydrogen (secondary N) is 1. The van der Waals surface area contributed by atoms with Crippen LogP contribution in [-0.2, 0) is 9.59 Å². The van der Waals surface area contributed by atoms with Crippen molar-refractivity contribution in [2.75, 3.05) is 33.9 Å². The molecular weight excluding hydrogens is 368 g/mol. The molecule has 0 radical (unpaired) electrons. The van der Waals surface area contributed by atoms with E-state index in [-0.39, 0.29) is 29.6 Å². The van der Waals surface area contributed by atoms with E-state index in [4.69, 9.17) is 9.47 Å². The molecule has 2 amide bonds. The summed E-state index contributed by atoms with van der Waals surface area (Å²) in [4.78, 5) is 28.0. The van der Waals surface area contributed by atoms with Crippen LogP contribution >= 0.6 is 0 Å². The number of carbonyl (C=O) groups excluding carboxylic acids is 2. The number of carbonyl (C=O) groups is 2. The molecule has 6 heteroatoms. The molecule has 2 aliphatic rings. The molecule has 2 atom stereocenters. The van der Waals surface area contributed by atoms with E-state index >= 15 is 0 Å². The minimum atomic E-state index is -0.279. The molecule has 2 fully saturated rings. The molecule has 1 aliphatic heterocycles. The Morgan fingerprint density at radius 2 is 1.90 bits per heavy atom. The summed E-state index contributed by atoms with van der Waals surface area (Å²) >= 11 is 0. The molecular formula is C23H34N2O4. The Balaban J connectivity index is 1.86. The van der Waals surface area contributed by atoms with Gasteiger partial charge in [0.15, 0.2) is 0 Å². The molecule has 1 aliphatic carbocycles. The van der Waals surface area contributed by atoms with Crippen molar-refractivity contribution in [3.8, 4) is 11.5 Å². The Morgan fingerprint density at radius 1 is 1.14 bits per heavy atom. The van der Waals surface area contributed by atoms with Gasteiger partial charge >= 0.3 is 0 Å². The summed E-state index contributed by atoms with van der Waals surface area (Å²) in [5, 5.41) is 3.07. The Bertz CT molecular complexity index is 715. The van der Waals surface area contributed by atoms with E-state index < -0.39 is 0 Å². The first-order valence-electron chi connectivity index (χ1n) is 10.9. The lowest BCUT2D eigenvalue weighted by molar-refractivity contribution is -0.134. The Labute approximate surface area is 173 Å². The van der Waals surface area contributed by atoms with Gasteiger partial charge in [0.05, 0.1) is 20.1 Å². The second-order valence-electron chi connectivity index (χ2n) is 8.19. The van der Waals surface area contributed by atoms with Gasteiger partial charge in [0.2, 0.25) is 11.8 Å². The molecule has 0 spiro atoms. The molecule has 1 saturated carbocycles. The van der Waals surface area contributed by atoms with Crippen molar-refractivity contribution < 1.29 is 19.1 Å². The molecule has 1 aromatic carbocycles. The van der Waals surface area contributed by atoms with Gasteiger partial charge in [-0.3, -0.25) is 9.59 Å². The number of hydrogen-bond acceptors (Lipinski definition) is 4. The summed E-state index contributed by atoms with van der Waals surface area (Å²) in [6.45, 7) is 3.79. The molecule has 6 nitrogen and oxygen atoms in total. The van der Waals surface area contributed by atoms with Gasteiger partial charge in [-0.2, -0.15) is 0 Å². The molecule has 1 N–H and O–H groups in total. The van der Waals surface area contributed by atoms with E-state index in [9.17, 15) is 9.59 Å². The first-order valence-corrected chi connectivity index (χ1v) is 10.9. The highest BCUT2D eigenvalue weighted by molar-refractivity contribution is 5.84. The second kappa shape index (κ2) is 9.99. The standard InChI is InChI=1S/C23H34N2O4/c1-4-5-12-24-22(26)20-15-25(23(27)16-8-6-7-9-16)14-19(20)18-13-17(28-2)10-11-21(18)29-3/h10-11,13,16,19-20H,4-9,12,14-15H2,1-3H3,(H,24,26). The zero-order valence-electron chi connectivity index (χ0n) is 17.9. The van der Waals surface area contributed by atoms with Crippen LogP contribution in [0.15, 0.2) is 18.2 Å². The SMILES string of the molecule is CCCCNC(=O)C1CN(C(=O)C2CCCC2)CC1c1cc(OC)ccc1OC. The number of unbranched alkanes of at least 4 members (excludes halogenated alkanes) is 1. The predicted molar refractivity (Wildman–Crippen MR) is 112 cm³/mol. The van der Waals surface area contributed by atoms with Gasteiger partial charge in [-0.25, -0.2) is 0 Å². The van der Waals surface area contributed by atoms with Crippen molar-refractivity contribution in [2.24, 2.45) is 11.8 Å². The predicted octanol–water partition coefficient (Wildman–Crippen LogP) is 3.35. The van der Waals surface area contributed by atoms with Gasteiger partial charge in [-0.15, -0.1) is 0 Å². The first kappa shape index (κ1) is 21.5. The van der Waals surface area contributed by atoms with E-state index in [1.54, 1.807) is 14.2 Å². The number of benzene rings is 1. The maximum Gasteiger partial charge on any atom is 0.225 e. The van der Waals surface area contributed by atoms with Crippen LogP contribution in [0.4, 0.5) is 0 Å². The highest BCUT2D eigenvalue weighted by atomic mass is 16.5. The quantitative estimate of drug-likeness (QED) is 0.677. The number of methoxy groups -OCH3 is 2. The molecule has 1 heterocycles. The number of ether oxygens (including phenoxy) is 2. The average Bonchev–Trinajstić information content (AvgIpc) is 3.43. The highest BCUT2D eigenvalue weighted by Gasteiger charge is 2.43. The Hall–Kier alpha value is -2.24. The average molecular weight is 403 g/mol. The maximum absolute atomic E-state index is 13.1. The van der Waals surface area contributed by atoms with Crippen LogP contribution in [0.25, 0.3) is 0 Å². The summed E-state index contributed by atoms with van der Waals surface area (Å²) in [5.74, 6) is 1.42.